The van der Waals surface area contributed by atoms with E-state index in [1.54, 1.807) is 0 Å². The van der Waals surface area contributed by atoms with Crippen molar-refractivity contribution in [1.29, 1.82) is 0 Å². The molecule has 1 aromatic rings. The van der Waals surface area contributed by atoms with Gasteiger partial charge in [0.1, 0.15) is 11.8 Å². The minimum atomic E-state index is -5.61. The Morgan fingerprint density at radius 1 is 1.11 bits per heavy atom. The second kappa shape index (κ2) is 5.73. The molecule has 7 heteroatoms. The first-order chi connectivity index (χ1) is 8.74. The van der Waals surface area contributed by atoms with Crippen LogP contribution in [0.1, 0.15) is 18.5 Å². The maximum atomic E-state index is 13.4. The van der Waals surface area contributed by atoms with E-state index in [4.69, 9.17) is 4.74 Å². The zero-order valence-corrected chi connectivity index (χ0v) is 10.4. The Hall–Kier alpha value is -1.37. The number of methoxy groups -OCH3 is 1. The van der Waals surface area contributed by atoms with Crippen molar-refractivity contribution in [3.05, 3.63) is 29.8 Å². The van der Waals surface area contributed by atoms with E-state index in [9.17, 15) is 22.0 Å². The fourth-order valence-corrected chi connectivity index (χ4v) is 1.62. The first kappa shape index (κ1) is 15.7. The number of benzene rings is 1. The van der Waals surface area contributed by atoms with Crippen LogP contribution in [0.2, 0.25) is 0 Å². The summed E-state index contributed by atoms with van der Waals surface area (Å²) < 4.78 is 69.0. The molecule has 1 N–H and O–H groups in total. The van der Waals surface area contributed by atoms with Crippen molar-refractivity contribution in [1.82, 2.24) is 5.32 Å². The summed E-state index contributed by atoms with van der Waals surface area (Å²) >= 11 is 0. The topological polar surface area (TPSA) is 21.3 Å². The van der Waals surface area contributed by atoms with Gasteiger partial charge in [0.15, 0.2) is 0 Å². The highest BCUT2D eigenvalue weighted by Crippen LogP contribution is 2.44. The summed E-state index contributed by atoms with van der Waals surface area (Å²) in [7, 11) is 1.38. The minimum Gasteiger partial charge on any atom is -0.497 e. The molecule has 0 saturated heterocycles. The second-order valence-electron chi connectivity index (χ2n) is 3.88. The molecule has 0 spiro atoms. The van der Waals surface area contributed by atoms with Crippen molar-refractivity contribution in [2.24, 2.45) is 0 Å². The molecule has 0 saturated carbocycles. The van der Waals surface area contributed by atoms with Crippen LogP contribution in [-0.4, -0.2) is 25.8 Å². The molecule has 0 aliphatic carbocycles. The Balaban J connectivity index is 3.12. The quantitative estimate of drug-likeness (QED) is 0.834. The molecule has 0 radical (unpaired) electrons. The van der Waals surface area contributed by atoms with E-state index in [2.05, 4.69) is 5.32 Å². The van der Waals surface area contributed by atoms with Gasteiger partial charge in [-0.2, -0.15) is 22.0 Å². The third-order valence-electron chi connectivity index (χ3n) is 2.60. The smallest absolute Gasteiger partial charge is 0.455 e. The van der Waals surface area contributed by atoms with E-state index in [1.807, 2.05) is 0 Å². The molecule has 0 heterocycles. The first-order valence-electron chi connectivity index (χ1n) is 5.56. The number of halogens is 5. The van der Waals surface area contributed by atoms with Crippen molar-refractivity contribution in [3.63, 3.8) is 0 Å². The van der Waals surface area contributed by atoms with E-state index in [1.165, 1.54) is 38.3 Å². The van der Waals surface area contributed by atoms with Gasteiger partial charge in [0, 0.05) is 0 Å². The molecule has 0 fully saturated rings. The van der Waals surface area contributed by atoms with E-state index in [-0.39, 0.29) is 12.1 Å². The third-order valence-corrected chi connectivity index (χ3v) is 2.60. The zero-order valence-electron chi connectivity index (χ0n) is 10.4. The number of alkyl halides is 5. The Labute approximate surface area is 107 Å². The van der Waals surface area contributed by atoms with Crippen molar-refractivity contribution in [2.75, 3.05) is 13.7 Å². The fraction of sp³-hybridized carbons (Fsp3) is 0.500. The normalized spacial score (nSPS) is 14.3. The van der Waals surface area contributed by atoms with Crippen LogP contribution in [0, 0.1) is 0 Å². The summed E-state index contributed by atoms with van der Waals surface area (Å²) in [5.41, 5.74) is -0.148. The molecular formula is C12H14F5NO. The van der Waals surface area contributed by atoms with Crippen LogP contribution >= 0.6 is 0 Å². The molecular weight excluding hydrogens is 269 g/mol. The number of ether oxygens (including phenoxy) is 1. The summed E-state index contributed by atoms with van der Waals surface area (Å²) in [6.45, 7) is 1.45. The van der Waals surface area contributed by atoms with E-state index >= 15 is 0 Å². The molecule has 19 heavy (non-hydrogen) atoms. The minimum absolute atomic E-state index is 0.0115. The van der Waals surface area contributed by atoms with Gasteiger partial charge >= 0.3 is 12.1 Å². The molecule has 2 nitrogen and oxygen atoms in total. The molecule has 1 aromatic carbocycles. The Bertz CT molecular complexity index is 402. The summed E-state index contributed by atoms with van der Waals surface area (Å²) in [5.74, 6) is -4.47. The van der Waals surface area contributed by atoms with Crippen LogP contribution in [0.5, 0.6) is 5.75 Å². The molecule has 0 aromatic heterocycles. The molecule has 108 valence electrons. The summed E-state index contributed by atoms with van der Waals surface area (Å²) in [6.07, 6.45) is -5.61. The molecule has 0 aliphatic heterocycles. The SMILES string of the molecule is CCNC(c1ccc(OC)cc1)C(F)(F)C(F)(F)F. The number of hydrogen-bond donors (Lipinski definition) is 1. The van der Waals surface area contributed by atoms with E-state index < -0.39 is 18.1 Å². The highest BCUT2D eigenvalue weighted by Gasteiger charge is 2.62. The van der Waals surface area contributed by atoms with Crippen molar-refractivity contribution < 1.29 is 26.7 Å². The summed E-state index contributed by atoms with van der Waals surface area (Å²) in [6, 6.07) is 2.93. The molecule has 0 amide bonds. The third kappa shape index (κ3) is 3.34. The van der Waals surface area contributed by atoms with Gasteiger partial charge in [-0.1, -0.05) is 19.1 Å². The maximum absolute atomic E-state index is 13.4. The zero-order chi connectivity index (χ0) is 14.7. The summed E-state index contributed by atoms with van der Waals surface area (Å²) in [4.78, 5) is 0. The monoisotopic (exact) mass is 283 g/mol. The van der Waals surface area contributed by atoms with Gasteiger partial charge in [0.25, 0.3) is 0 Å². The lowest BCUT2D eigenvalue weighted by Crippen LogP contribution is -2.47. The molecule has 0 bridgehead atoms. The standard InChI is InChI=1S/C12H14F5NO/c1-3-18-10(11(13,14)12(15,16)17)8-4-6-9(19-2)7-5-8/h4-7,10,18H,3H2,1-2H3. The van der Waals surface area contributed by atoms with Gasteiger partial charge in [-0.05, 0) is 24.2 Å². The largest absolute Gasteiger partial charge is 0.497 e. The van der Waals surface area contributed by atoms with Crippen molar-refractivity contribution >= 4 is 0 Å². The molecule has 1 unspecified atom stereocenters. The molecule has 1 rings (SSSR count). The highest BCUT2D eigenvalue weighted by molar-refractivity contribution is 5.30. The van der Waals surface area contributed by atoms with Gasteiger partial charge in [0.2, 0.25) is 0 Å². The highest BCUT2D eigenvalue weighted by atomic mass is 19.4. The van der Waals surface area contributed by atoms with Gasteiger partial charge in [-0.15, -0.1) is 0 Å². The first-order valence-corrected chi connectivity index (χ1v) is 5.56. The molecule has 1 atom stereocenters. The van der Waals surface area contributed by atoms with Crippen LogP contribution in [0.25, 0.3) is 0 Å². The lowest BCUT2D eigenvalue weighted by Gasteiger charge is -2.29. The molecule has 0 aliphatic rings. The van der Waals surface area contributed by atoms with Crippen molar-refractivity contribution in [2.45, 2.75) is 25.1 Å². The average molecular weight is 283 g/mol. The van der Waals surface area contributed by atoms with Gasteiger partial charge in [-0.25, -0.2) is 0 Å². The van der Waals surface area contributed by atoms with Crippen LogP contribution in [0.3, 0.4) is 0 Å². The lowest BCUT2D eigenvalue weighted by molar-refractivity contribution is -0.294. The van der Waals surface area contributed by atoms with Crippen LogP contribution in [-0.2, 0) is 0 Å². The van der Waals surface area contributed by atoms with Gasteiger partial charge < -0.3 is 10.1 Å². The van der Waals surface area contributed by atoms with Gasteiger partial charge in [-0.3, -0.25) is 0 Å². The maximum Gasteiger partial charge on any atom is 0.455 e. The van der Waals surface area contributed by atoms with Crippen LogP contribution in [0.15, 0.2) is 24.3 Å². The fourth-order valence-electron chi connectivity index (χ4n) is 1.62. The predicted molar refractivity (Wildman–Crippen MR) is 60.4 cm³/mol. The lowest BCUT2D eigenvalue weighted by atomic mass is 10.00. The summed E-state index contributed by atoms with van der Waals surface area (Å²) in [5, 5.41) is 2.17. The van der Waals surface area contributed by atoms with E-state index in [0.717, 1.165) is 0 Å². The second-order valence-corrected chi connectivity index (χ2v) is 3.88. The number of rotatable bonds is 5. The number of nitrogens with one attached hydrogen (secondary N) is 1. The average Bonchev–Trinajstić information content (AvgIpc) is 2.34. The van der Waals surface area contributed by atoms with Crippen LogP contribution < -0.4 is 10.1 Å². The Morgan fingerprint density at radius 3 is 2.00 bits per heavy atom. The Morgan fingerprint density at radius 2 is 1.63 bits per heavy atom. The number of hydrogen-bond acceptors (Lipinski definition) is 2. The van der Waals surface area contributed by atoms with Gasteiger partial charge in [0.05, 0.1) is 7.11 Å². The Kier molecular flexibility index (Phi) is 4.73. The predicted octanol–water partition coefficient (Wildman–Crippen LogP) is 3.54. The van der Waals surface area contributed by atoms with E-state index in [0.29, 0.717) is 5.75 Å². The van der Waals surface area contributed by atoms with Crippen LogP contribution in [0.4, 0.5) is 22.0 Å². The van der Waals surface area contributed by atoms with Crippen molar-refractivity contribution in [3.8, 4) is 5.75 Å².